The molecule has 0 bridgehead atoms. The third-order valence-electron chi connectivity index (χ3n) is 6.44. The number of hydrogen-bond donors (Lipinski definition) is 0. The number of thiazole rings is 1. The average Bonchev–Trinajstić information content (AvgIpc) is 3.25. The van der Waals surface area contributed by atoms with E-state index >= 15 is 0 Å². The third kappa shape index (κ3) is 4.30. The van der Waals surface area contributed by atoms with Gasteiger partial charge < -0.3 is 4.90 Å². The van der Waals surface area contributed by atoms with Crippen LogP contribution in [0.1, 0.15) is 35.1 Å². The highest BCUT2D eigenvalue weighted by Gasteiger charge is 2.34. The van der Waals surface area contributed by atoms with Crippen LogP contribution in [0, 0.1) is 27.7 Å². The van der Waals surface area contributed by atoms with E-state index in [0.29, 0.717) is 40.9 Å². The predicted molar refractivity (Wildman–Crippen MR) is 135 cm³/mol. The predicted octanol–water partition coefficient (Wildman–Crippen LogP) is 6.79. The van der Waals surface area contributed by atoms with Crippen LogP contribution < -0.4 is 4.90 Å². The summed E-state index contributed by atoms with van der Waals surface area (Å²) < 4.78 is 27.1. The van der Waals surface area contributed by atoms with E-state index in [1.54, 1.807) is 17.4 Å². The molecule has 2 heterocycles. The first kappa shape index (κ1) is 23.6. The SMILES string of the molecule is Cc1cc(C)c(C)c(S(=O)(=O)C2CCN(c3nc(-c4ccc(Cl)c(Cl)c4)cs3)CC2)c1C. The van der Waals surface area contributed by atoms with Crippen molar-refractivity contribution in [1.82, 2.24) is 4.98 Å². The molecule has 170 valence electrons. The summed E-state index contributed by atoms with van der Waals surface area (Å²) in [6, 6.07) is 7.56. The zero-order valence-electron chi connectivity index (χ0n) is 18.6. The molecule has 0 spiro atoms. The Bertz CT molecular complexity index is 1250. The lowest BCUT2D eigenvalue weighted by Crippen LogP contribution is -2.39. The van der Waals surface area contributed by atoms with E-state index in [0.717, 1.165) is 38.6 Å². The van der Waals surface area contributed by atoms with Crippen LogP contribution in [0.25, 0.3) is 11.3 Å². The minimum absolute atomic E-state index is 0.369. The first-order valence-electron chi connectivity index (χ1n) is 10.6. The number of benzene rings is 2. The number of nitrogens with zero attached hydrogens (tertiary/aromatic N) is 2. The summed E-state index contributed by atoms with van der Waals surface area (Å²) in [7, 11) is -3.39. The van der Waals surface area contributed by atoms with Crippen molar-refractivity contribution in [2.24, 2.45) is 0 Å². The highest BCUT2D eigenvalue weighted by atomic mass is 35.5. The monoisotopic (exact) mass is 508 g/mol. The second-order valence-corrected chi connectivity index (χ2v) is 12.3. The Morgan fingerprint density at radius 3 is 2.19 bits per heavy atom. The molecule has 0 N–H and O–H groups in total. The second-order valence-electron chi connectivity index (χ2n) is 8.47. The Kier molecular flexibility index (Phi) is 6.61. The fourth-order valence-corrected chi connectivity index (χ4v) is 7.86. The van der Waals surface area contributed by atoms with E-state index in [2.05, 4.69) is 11.0 Å². The fourth-order valence-electron chi connectivity index (χ4n) is 4.33. The minimum atomic E-state index is -3.39. The van der Waals surface area contributed by atoms with Crippen LogP contribution in [0.3, 0.4) is 0 Å². The van der Waals surface area contributed by atoms with Gasteiger partial charge in [-0.05, 0) is 74.9 Å². The summed E-state index contributed by atoms with van der Waals surface area (Å²) in [4.78, 5) is 7.48. The lowest BCUT2D eigenvalue weighted by Gasteiger charge is -2.32. The molecular weight excluding hydrogens is 483 g/mol. The molecule has 32 heavy (non-hydrogen) atoms. The summed E-state index contributed by atoms with van der Waals surface area (Å²) in [6.07, 6.45) is 1.19. The van der Waals surface area contributed by atoms with E-state index in [4.69, 9.17) is 28.2 Å². The molecule has 1 saturated heterocycles. The summed E-state index contributed by atoms with van der Waals surface area (Å²) in [5.41, 5.74) is 5.58. The normalized spacial score (nSPS) is 15.4. The van der Waals surface area contributed by atoms with E-state index in [1.807, 2.05) is 45.2 Å². The number of aromatic nitrogens is 1. The molecule has 1 aromatic heterocycles. The van der Waals surface area contributed by atoms with Crippen molar-refractivity contribution < 1.29 is 8.42 Å². The van der Waals surface area contributed by atoms with Gasteiger partial charge in [-0.1, -0.05) is 35.3 Å². The van der Waals surface area contributed by atoms with Gasteiger partial charge in [0.1, 0.15) is 0 Å². The van der Waals surface area contributed by atoms with Crippen molar-refractivity contribution in [2.45, 2.75) is 50.7 Å². The lowest BCUT2D eigenvalue weighted by atomic mass is 10.0. The maximum atomic E-state index is 13.6. The highest BCUT2D eigenvalue weighted by Crippen LogP contribution is 2.35. The van der Waals surface area contributed by atoms with Gasteiger partial charge >= 0.3 is 0 Å². The van der Waals surface area contributed by atoms with Gasteiger partial charge in [0.2, 0.25) is 0 Å². The zero-order valence-corrected chi connectivity index (χ0v) is 21.7. The van der Waals surface area contributed by atoms with Gasteiger partial charge in [-0.15, -0.1) is 11.3 Å². The summed E-state index contributed by atoms with van der Waals surface area (Å²) in [6.45, 7) is 9.14. The minimum Gasteiger partial charge on any atom is -0.348 e. The lowest BCUT2D eigenvalue weighted by molar-refractivity contribution is 0.528. The molecule has 4 nitrogen and oxygen atoms in total. The summed E-state index contributed by atoms with van der Waals surface area (Å²) >= 11 is 13.7. The molecular formula is C24H26Cl2N2O2S2. The van der Waals surface area contributed by atoms with Crippen LogP contribution in [0.5, 0.6) is 0 Å². The van der Waals surface area contributed by atoms with Gasteiger partial charge in [-0.2, -0.15) is 0 Å². The van der Waals surface area contributed by atoms with E-state index in [1.165, 1.54) is 0 Å². The molecule has 4 rings (SSSR count). The van der Waals surface area contributed by atoms with Crippen molar-refractivity contribution in [2.75, 3.05) is 18.0 Å². The second kappa shape index (κ2) is 8.98. The molecule has 8 heteroatoms. The van der Waals surface area contributed by atoms with Crippen LogP contribution in [0.15, 0.2) is 34.5 Å². The molecule has 2 aromatic carbocycles. The van der Waals surface area contributed by atoms with Gasteiger partial charge in [0.05, 0.1) is 25.9 Å². The smallest absolute Gasteiger partial charge is 0.185 e. The van der Waals surface area contributed by atoms with Gasteiger partial charge in [-0.25, -0.2) is 13.4 Å². The zero-order chi connectivity index (χ0) is 23.2. The first-order chi connectivity index (χ1) is 15.1. The number of anilines is 1. The molecule has 1 fully saturated rings. The third-order valence-corrected chi connectivity index (χ3v) is 10.6. The van der Waals surface area contributed by atoms with Crippen LogP contribution in [-0.4, -0.2) is 31.7 Å². The molecule has 0 aliphatic carbocycles. The van der Waals surface area contributed by atoms with E-state index in [-0.39, 0.29) is 5.25 Å². The number of rotatable bonds is 4. The number of aryl methyl sites for hydroxylation is 2. The summed E-state index contributed by atoms with van der Waals surface area (Å²) in [5.74, 6) is 0. The molecule has 0 radical (unpaired) electrons. The van der Waals surface area contributed by atoms with Gasteiger partial charge in [0.15, 0.2) is 15.0 Å². The topological polar surface area (TPSA) is 50.3 Å². The molecule has 0 saturated carbocycles. The number of sulfone groups is 1. The maximum Gasteiger partial charge on any atom is 0.185 e. The van der Waals surface area contributed by atoms with Crippen molar-refractivity contribution in [3.05, 3.63) is 61.9 Å². The van der Waals surface area contributed by atoms with Crippen LogP contribution in [0.4, 0.5) is 5.13 Å². The largest absolute Gasteiger partial charge is 0.348 e. The maximum absolute atomic E-state index is 13.6. The quantitative estimate of drug-likeness (QED) is 0.389. The fraction of sp³-hybridized carbons (Fsp3) is 0.375. The van der Waals surface area contributed by atoms with Crippen LogP contribution in [0.2, 0.25) is 10.0 Å². The number of piperidine rings is 1. The standard InChI is InChI=1S/C24H26Cl2N2O2S2/c1-14-11-15(2)17(4)23(16(14)3)32(29,30)19-7-9-28(10-8-19)24-27-22(13-31-24)18-5-6-20(25)21(26)12-18/h5-6,11-13,19H,7-10H2,1-4H3. The number of halogens is 2. The van der Waals surface area contributed by atoms with Crippen molar-refractivity contribution in [3.63, 3.8) is 0 Å². The molecule has 0 amide bonds. The van der Waals surface area contributed by atoms with Crippen LogP contribution >= 0.6 is 34.5 Å². The molecule has 1 aliphatic rings. The Morgan fingerprint density at radius 2 is 1.59 bits per heavy atom. The Balaban J connectivity index is 1.52. The first-order valence-corrected chi connectivity index (χ1v) is 13.7. The number of hydrogen-bond acceptors (Lipinski definition) is 5. The summed E-state index contributed by atoms with van der Waals surface area (Å²) in [5, 5.41) is 3.55. The van der Waals surface area contributed by atoms with Crippen LogP contribution in [-0.2, 0) is 9.84 Å². The van der Waals surface area contributed by atoms with Gasteiger partial charge in [0, 0.05) is 24.0 Å². The van der Waals surface area contributed by atoms with E-state index in [9.17, 15) is 8.42 Å². The molecule has 3 aromatic rings. The van der Waals surface area contributed by atoms with Crippen molar-refractivity contribution in [1.29, 1.82) is 0 Å². The molecule has 1 aliphatic heterocycles. The van der Waals surface area contributed by atoms with E-state index < -0.39 is 9.84 Å². The Morgan fingerprint density at radius 1 is 0.969 bits per heavy atom. The molecule has 0 atom stereocenters. The van der Waals surface area contributed by atoms with Crippen molar-refractivity contribution in [3.8, 4) is 11.3 Å². The van der Waals surface area contributed by atoms with Gasteiger partial charge in [0.25, 0.3) is 0 Å². The average molecular weight is 510 g/mol. The Hall–Kier alpha value is -1.60. The van der Waals surface area contributed by atoms with Crippen molar-refractivity contribution >= 4 is 49.5 Å². The Labute approximate surface area is 204 Å². The highest BCUT2D eigenvalue weighted by molar-refractivity contribution is 7.92. The van der Waals surface area contributed by atoms with Gasteiger partial charge in [-0.3, -0.25) is 0 Å². The molecule has 0 unspecified atom stereocenters.